The van der Waals surface area contributed by atoms with Gasteiger partial charge in [-0.25, -0.2) is 0 Å². The molecule has 0 saturated carbocycles. The molecule has 2 aliphatic heterocycles. The lowest BCUT2D eigenvalue weighted by molar-refractivity contribution is -0.0562. The van der Waals surface area contributed by atoms with Crippen molar-refractivity contribution in [3.05, 3.63) is 29.8 Å². The van der Waals surface area contributed by atoms with E-state index < -0.39 is 0 Å². The minimum absolute atomic E-state index is 0.187. The van der Waals surface area contributed by atoms with Gasteiger partial charge in [0.25, 0.3) is 0 Å². The molecular weight excluding hydrogens is 274 g/mol. The quantitative estimate of drug-likeness (QED) is 0.928. The van der Waals surface area contributed by atoms with Crippen LogP contribution in [0, 0.1) is 0 Å². The number of thioether (sulfide) groups is 2. The van der Waals surface area contributed by atoms with E-state index in [1.165, 1.54) is 41.2 Å². The Hall–Kier alpha value is -0.160. The molecule has 2 saturated heterocycles. The van der Waals surface area contributed by atoms with E-state index in [1.807, 2.05) is 23.5 Å². The molecule has 3 rings (SSSR count). The van der Waals surface area contributed by atoms with Crippen molar-refractivity contribution in [1.82, 2.24) is 0 Å². The van der Waals surface area contributed by atoms with E-state index in [1.54, 1.807) is 0 Å². The first-order valence-electron chi connectivity index (χ1n) is 6.97. The zero-order valence-electron chi connectivity index (χ0n) is 11.1. The first-order chi connectivity index (χ1) is 9.30. The summed E-state index contributed by atoms with van der Waals surface area (Å²) in [4.78, 5) is 1.36. The van der Waals surface area contributed by atoms with Crippen molar-refractivity contribution in [1.29, 1.82) is 0 Å². The highest BCUT2D eigenvalue weighted by Gasteiger charge is 2.40. The molecule has 2 nitrogen and oxygen atoms in total. The van der Waals surface area contributed by atoms with Crippen LogP contribution in [-0.2, 0) is 11.3 Å². The fraction of sp³-hybridized carbons (Fsp3) is 0.600. The second kappa shape index (κ2) is 6.08. The number of nitrogens with two attached hydrogens (primary N) is 1. The van der Waals surface area contributed by atoms with E-state index in [0.29, 0.717) is 11.8 Å². The lowest BCUT2D eigenvalue weighted by Crippen LogP contribution is -2.40. The van der Waals surface area contributed by atoms with Crippen LogP contribution in [0.15, 0.2) is 29.2 Å². The highest BCUT2D eigenvalue weighted by molar-refractivity contribution is 8.00. The molecule has 4 heteroatoms. The van der Waals surface area contributed by atoms with Crippen LogP contribution in [0.5, 0.6) is 0 Å². The summed E-state index contributed by atoms with van der Waals surface area (Å²) in [6.45, 7) is 1.55. The summed E-state index contributed by atoms with van der Waals surface area (Å²) in [6, 6.07) is 8.65. The third kappa shape index (κ3) is 3.30. The van der Waals surface area contributed by atoms with E-state index in [4.69, 9.17) is 10.5 Å². The van der Waals surface area contributed by atoms with Crippen LogP contribution >= 0.6 is 23.5 Å². The van der Waals surface area contributed by atoms with Gasteiger partial charge in [0.15, 0.2) is 0 Å². The van der Waals surface area contributed by atoms with Crippen molar-refractivity contribution < 1.29 is 4.74 Å². The van der Waals surface area contributed by atoms with Gasteiger partial charge >= 0.3 is 0 Å². The third-order valence-corrected chi connectivity index (χ3v) is 6.44. The molecule has 2 aliphatic rings. The number of benzene rings is 1. The first-order valence-corrected chi connectivity index (χ1v) is 9.00. The predicted molar refractivity (Wildman–Crippen MR) is 83.8 cm³/mol. The molecule has 2 fully saturated rings. The van der Waals surface area contributed by atoms with Gasteiger partial charge in [-0.2, -0.15) is 11.8 Å². The average molecular weight is 295 g/mol. The van der Waals surface area contributed by atoms with Crippen molar-refractivity contribution in [2.24, 2.45) is 5.73 Å². The van der Waals surface area contributed by atoms with Crippen molar-refractivity contribution in [3.63, 3.8) is 0 Å². The lowest BCUT2D eigenvalue weighted by atomic mass is 9.93. The van der Waals surface area contributed by atoms with Crippen LogP contribution in [0.25, 0.3) is 0 Å². The summed E-state index contributed by atoms with van der Waals surface area (Å²) in [5.41, 5.74) is 7.13. The van der Waals surface area contributed by atoms with Crippen LogP contribution < -0.4 is 5.73 Å². The van der Waals surface area contributed by atoms with Crippen LogP contribution in [0.4, 0.5) is 0 Å². The van der Waals surface area contributed by atoms with E-state index in [2.05, 4.69) is 24.3 Å². The average Bonchev–Trinajstić information content (AvgIpc) is 2.87. The maximum absolute atomic E-state index is 6.09. The Morgan fingerprint density at radius 2 is 2.42 bits per heavy atom. The van der Waals surface area contributed by atoms with Gasteiger partial charge in [-0.3, -0.25) is 0 Å². The van der Waals surface area contributed by atoms with Gasteiger partial charge in [0.2, 0.25) is 0 Å². The van der Waals surface area contributed by atoms with E-state index in [0.717, 1.165) is 6.61 Å². The Morgan fingerprint density at radius 1 is 1.47 bits per heavy atom. The third-order valence-electron chi connectivity index (χ3n) is 3.95. The number of hydrogen-bond donors (Lipinski definition) is 1. The number of rotatable bonds is 3. The van der Waals surface area contributed by atoms with Gasteiger partial charge in [-0.15, -0.1) is 11.8 Å². The first kappa shape index (κ1) is 13.8. The standard InChI is InChI=1S/C15H21NOS2/c16-10-12-2-1-3-13(8-12)19-14-4-6-17-15(9-14)5-7-18-11-15/h1-3,8,14H,4-7,9-11,16H2. The summed E-state index contributed by atoms with van der Waals surface area (Å²) >= 11 is 4.05. The van der Waals surface area contributed by atoms with Crippen LogP contribution in [-0.4, -0.2) is 29.0 Å². The highest BCUT2D eigenvalue weighted by Crippen LogP contribution is 2.43. The lowest BCUT2D eigenvalue weighted by Gasteiger charge is -2.37. The minimum atomic E-state index is 0.187. The van der Waals surface area contributed by atoms with Crippen molar-refractivity contribution >= 4 is 23.5 Å². The summed E-state index contributed by atoms with van der Waals surface area (Å²) in [5.74, 6) is 2.45. The molecule has 19 heavy (non-hydrogen) atoms. The molecule has 104 valence electrons. The zero-order valence-corrected chi connectivity index (χ0v) is 12.8. The second-order valence-electron chi connectivity index (χ2n) is 5.42. The molecule has 0 radical (unpaired) electrons. The monoisotopic (exact) mass is 295 g/mol. The van der Waals surface area contributed by atoms with E-state index in [9.17, 15) is 0 Å². The van der Waals surface area contributed by atoms with Gasteiger partial charge in [-0.05, 0) is 42.7 Å². The molecule has 0 aliphatic carbocycles. The van der Waals surface area contributed by atoms with Crippen LogP contribution in [0.2, 0.25) is 0 Å². The minimum Gasteiger partial charge on any atom is -0.374 e. The molecule has 0 aromatic heterocycles. The summed E-state index contributed by atoms with van der Waals surface area (Å²) in [7, 11) is 0. The van der Waals surface area contributed by atoms with Gasteiger partial charge in [-0.1, -0.05) is 12.1 Å². The second-order valence-corrected chi connectivity index (χ2v) is 7.90. The van der Waals surface area contributed by atoms with Gasteiger partial charge < -0.3 is 10.5 Å². The van der Waals surface area contributed by atoms with Crippen LogP contribution in [0.1, 0.15) is 24.8 Å². The Kier molecular flexibility index (Phi) is 4.42. The van der Waals surface area contributed by atoms with Crippen molar-refractivity contribution in [3.8, 4) is 0 Å². The van der Waals surface area contributed by atoms with E-state index in [-0.39, 0.29) is 5.60 Å². The summed E-state index contributed by atoms with van der Waals surface area (Å²) in [6.07, 6.45) is 3.61. The fourth-order valence-corrected chi connectivity index (χ4v) is 5.63. The maximum atomic E-state index is 6.09. The van der Waals surface area contributed by atoms with Gasteiger partial charge in [0, 0.05) is 29.0 Å². The number of ether oxygens (including phenoxy) is 1. The molecule has 2 unspecified atom stereocenters. The molecule has 2 N–H and O–H groups in total. The van der Waals surface area contributed by atoms with Crippen LogP contribution in [0.3, 0.4) is 0 Å². The largest absolute Gasteiger partial charge is 0.374 e. The number of hydrogen-bond acceptors (Lipinski definition) is 4. The van der Waals surface area contributed by atoms with Crippen molar-refractivity contribution in [2.75, 3.05) is 18.1 Å². The molecule has 0 bridgehead atoms. The Morgan fingerprint density at radius 3 is 3.21 bits per heavy atom. The topological polar surface area (TPSA) is 35.2 Å². The molecule has 1 spiro atoms. The smallest absolute Gasteiger partial charge is 0.0791 e. The normalized spacial score (nSPS) is 30.9. The molecule has 1 aromatic carbocycles. The summed E-state index contributed by atoms with van der Waals surface area (Å²) < 4.78 is 6.09. The van der Waals surface area contributed by atoms with E-state index >= 15 is 0 Å². The van der Waals surface area contributed by atoms with Crippen molar-refractivity contribution in [2.45, 2.75) is 41.6 Å². The Bertz CT molecular complexity index is 432. The van der Waals surface area contributed by atoms with Gasteiger partial charge in [0.1, 0.15) is 0 Å². The Balaban J connectivity index is 1.65. The zero-order chi connectivity index (χ0) is 13.1. The molecule has 1 aromatic rings. The van der Waals surface area contributed by atoms with Gasteiger partial charge in [0.05, 0.1) is 5.60 Å². The molecule has 0 amide bonds. The molecule has 2 atom stereocenters. The highest BCUT2D eigenvalue weighted by atomic mass is 32.2. The fourth-order valence-electron chi connectivity index (χ4n) is 2.88. The molecule has 2 heterocycles. The Labute approximate surface area is 123 Å². The SMILES string of the molecule is NCc1cccc(SC2CCOC3(CCSC3)C2)c1. The molecular formula is C15H21NOS2. The predicted octanol–water partition coefficient (Wildman–Crippen LogP) is 3.29. The maximum Gasteiger partial charge on any atom is 0.0791 e. The summed E-state index contributed by atoms with van der Waals surface area (Å²) in [5, 5.41) is 0.695.